The molecule has 0 aromatic heterocycles. The Kier molecular flexibility index (Phi) is 6.77. The van der Waals surface area contributed by atoms with Crippen molar-refractivity contribution in [2.24, 2.45) is 0 Å². The fourth-order valence-corrected chi connectivity index (χ4v) is 2.45. The molecule has 0 unspecified atom stereocenters. The Labute approximate surface area is 160 Å². The molecule has 0 fully saturated rings. The van der Waals surface area contributed by atoms with E-state index in [1.54, 1.807) is 18.2 Å². The van der Waals surface area contributed by atoms with Crippen molar-refractivity contribution in [3.05, 3.63) is 69.5 Å². The third-order valence-electron chi connectivity index (χ3n) is 3.51. The molecule has 0 radical (unpaired) electrons. The van der Waals surface area contributed by atoms with Crippen LogP contribution in [-0.4, -0.2) is 18.0 Å². The van der Waals surface area contributed by atoms with Gasteiger partial charge in [0.25, 0.3) is 5.91 Å². The lowest BCUT2D eigenvalue weighted by molar-refractivity contribution is -0.148. The summed E-state index contributed by atoms with van der Waals surface area (Å²) in [5.41, 5.74) is 1.41. The monoisotopic (exact) mass is 395 g/mol. The van der Waals surface area contributed by atoms with Crippen molar-refractivity contribution < 1.29 is 18.7 Å². The van der Waals surface area contributed by atoms with Gasteiger partial charge in [-0.1, -0.05) is 35.3 Å². The van der Waals surface area contributed by atoms with Gasteiger partial charge < -0.3 is 10.1 Å². The van der Waals surface area contributed by atoms with E-state index < -0.39 is 23.8 Å². The van der Waals surface area contributed by atoms with Crippen LogP contribution in [-0.2, 0) is 14.3 Å². The maximum absolute atomic E-state index is 13.6. The quantitative estimate of drug-likeness (QED) is 0.570. The predicted molar refractivity (Wildman–Crippen MR) is 101 cm³/mol. The third-order valence-corrected chi connectivity index (χ3v) is 4.07. The van der Waals surface area contributed by atoms with Crippen molar-refractivity contribution >= 4 is 46.8 Å². The van der Waals surface area contributed by atoms with Crippen molar-refractivity contribution in [3.8, 4) is 0 Å². The number of aryl methyl sites for hydroxylation is 1. The van der Waals surface area contributed by atoms with Gasteiger partial charge in [-0.25, -0.2) is 9.18 Å². The highest BCUT2D eigenvalue weighted by molar-refractivity contribution is 6.32. The molecule has 0 spiro atoms. The number of amides is 1. The Balaban J connectivity index is 1.99. The molecule has 0 saturated heterocycles. The summed E-state index contributed by atoms with van der Waals surface area (Å²) in [5, 5.41) is 3.28. The number of anilines is 1. The minimum absolute atomic E-state index is 0.0674. The van der Waals surface area contributed by atoms with Crippen LogP contribution in [0.3, 0.4) is 0 Å². The topological polar surface area (TPSA) is 55.4 Å². The molecule has 0 aliphatic heterocycles. The smallest absolute Gasteiger partial charge is 0.331 e. The van der Waals surface area contributed by atoms with Gasteiger partial charge >= 0.3 is 5.97 Å². The number of halogens is 3. The molecule has 26 heavy (non-hydrogen) atoms. The zero-order chi connectivity index (χ0) is 19.3. The van der Waals surface area contributed by atoms with Crippen molar-refractivity contribution in [2.45, 2.75) is 20.0 Å². The molecule has 0 aliphatic rings. The fourth-order valence-electron chi connectivity index (χ4n) is 2.05. The van der Waals surface area contributed by atoms with Crippen LogP contribution in [0.5, 0.6) is 0 Å². The van der Waals surface area contributed by atoms with Crippen LogP contribution in [0.4, 0.5) is 10.1 Å². The molecule has 1 atom stereocenters. The Bertz CT molecular complexity index is 848. The summed E-state index contributed by atoms with van der Waals surface area (Å²) >= 11 is 11.8. The average molecular weight is 396 g/mol. The van der Waals surface area contributed by atoms with Crippen LogP contribution in [0.15, 0.2) is 42.5 Å². The van der Waals surface area contributed by atoms with E-state index >= 15 is 0 Å². The molecular formula is C19H16Cl2FNO3. The molecule has 136 valence electrons. The SMILES string of the molecule is Cc1ccc(Cl)cc1NC(=O)[C@H](C)OC(=O)/C=C/c1c(F)cccc1Cl. The van der Waals surface area contributed by atoms with Crippen LogP contribution in [0.25, 0.3) is 6.08 Å². The second kappa shape index (κ2) is 8.83. The molecule has 0 heterocycles. The maximum Gasteiger partial charge on any atom is 0.331 e. The first-order valence-electron chi connectivity index (χ1n) is 7.67. The average Bonchev–Trinajstić information content (AvgIpc) is 2.57. The first-order valence-corrected chi connectivity index (χ1v) is 8.43. The number of hydrogen-bond donors (Lipinski definition) is 1. The van der Waals surface area contributed by atoms with E-state index in [9.17, 15) is 14.0 Å². The van der Waals surface area contributed by atoms with Crippen LogP contribution in [0, 0.1) is 12.7 Å². The van der Waals surface area contributed by atoms with Gasteiger partial charge in [-0.2, -0.15) is 0 Å². The second-order valence-electron chi connectivity index (χ2n) is 5.50. The summed E-state index contributed by atoms with van der Waals surface area (Å²) < 4.78 is 18.7. The van der Waals surface area contributed by atoms with Gasteiger partial charge in [-0.05, 0) is 49.8 Å². The minimum Gasteiger partial charge on any atom is -0.449 e. The zero-order valence-corrected chi connectivity index (χ0v) is 15.6. The van der Waals surface area contributed by atoms with Gasteiger partial charge in [0.15, 0.2) is 6.10 Å². The number of rotatable bonds is 5. The lowest BCUT2D eigenvalue weighted by atomic mass is 10.2. The van der Waals surface area contributed by atoms with E-state index in [-0.39, 0.29) is 10.6 Å². The van der Waals surface area contributed by atoms with Gasteiger partial charge in [0.2, 0.25) is 0 Å². The number of carbonyl (C=O) groups excluding carboxylic acids is 2. The van der Waals surface area contributed by atoms with E-state index in [1.165, 1.54) is 31.2 Å². The van der Waals surface area contributed by atoms with Gasteiger partial charge in [0.05, 0.1) is 5.02 Å². The van der Waals surface area contributed by atoms with Crippen LogP contribution in [0.1, 0.15) is 18.1 Å². The first kappa shape index (κ1) is 19.9. The molecule has 1 N–H and O–H groups in total. The zero-order valence-electron chi connectivity index (χ0n) is 14.1. The standard InChI is InChI=1S/C19H16Cl2FNO3/c1-11-6-7-13(20)10-17(11)23-19(25)12(2)26-18(24)9-8-14-15(21)4-3-5-16(14)22/h3-10,12H,1-2H3,(H,23,25)/b9-8+/t12-/m0/s1. The number of nitrogens with one attached hydrogen (secondary N) is 1. The van der Waals surface area contributed by atoms with E-state index in [0.717, 1.165) is 11.6 Å². The van der Waals surface area contributed by atoms with E-state index in [4.69, 9.17) is 27.9 Å². The second-order valence-corrected chi connectivity index (χ2v) is 6.34. The lowest BCUT2D eigenvalue weighted by Gasteiger charge is -2.14. The van der Waals surface area contributed by atoms with Crippen molar-refractivity contribution in [2.75, 3.05) is 5.32 Å². The predicted octanol–water partition coefficient (Wildman–Crippen LogP) is 5.02. The largest absolute Gasteiger partial charge is 0.449 e. The Morgan fingerprint density at radius 1 is 1.23 bits per heavy atom. The molecule has 2 rings (SSSR count). The van der Waals surface area contributed by atoms with Crippen LogP contribution in [0.2, 0.25) is 10.0 Å². The maximum atomic E-state index is 13.6. The minimum atomic E-state index is -1.05. The molecule has 4 nitrogen and oxygen atoms in total. The van der Waals surface area contributed by atoms with Gasteiger partial charge in [0.1, 0.15) is 5.82 Å². The fraction of sp³-hybridized carbons (Fsp3) is 0.158. The van der Waals surface area contributed by atoms with Gasteiger partial charge in [-0.3, -0.25) is 4.79 Å². The normalized spacial score (nSPS) is 12.0. The molecule has 0 aliphatic carbocycles. The Morgan fingerprint density at radius 2 is 1.96 bits per heavy atom. The van der Waals surface area contributed by atoms with Gasteiger partial charge in [-0.15, -0.1) is 0 Å². The number of carbonyl (C=O) groups is 2. The highest BCUT2D eigenvalue weighted by atomic mass is 35.5. The van der Waals surface area contributed by atoms with E-state index in [1.807, 2.05) is 6.92 Å². The molecule has 0 bridgehead atoms. The summed E-state index contributed by atoms with van der Waals surface area (Å²) in [6, 6.07) is 9.24. The number of esters is 1. The van der Waals surface area contributed by atoms with Crippen LogP contribution >= 0.6 is 23.2 Å². The summed E-state index contributed by atoms with van der Waals surface area (Å²) in [4.78, 5) is 24.0. The van der Waals surface area contributed by atoms with E-state index in [2.05, 4.69) is 5.32 Å². The third kappa shape index (κ3) is 5.31. The van der Waals surface area contributed by atoms with Crippen molar-refractivity contribution in [3.63, 3.8) is 0 Å². The van der Waals surface area contributed by atoms with Gasteiger partial charge in [0, 0.05) is 22.3 Å². The number of benzene rings is 2. The molecule has 0 saturated carbocycles. The molecule has 2 aromatic rings. The Morgan fingerprint density at radius 3 is 2.65 bits per heavy atom. The summed E-state index contributed by atoms with van der Waals surface area (Å²) in [6.45, 7) is 3.24. The number of hydrogen-bond acceptors (Lipinski definition) is 3. The molecular weight excluding hydrogens is 380 g/mol. The van der Waals surface area contributed by atoms with Crippen LogP contribution < -0.4 is 5.32 Å². The summed E-state index contributed by atoms with van der Waals surface area (Å²) in [7, 11) is 0. The number of ether oxygens (including phenoxy) is 1. The Hall–Kier alpha value is -2.37. The highest BCUT2D eigenvalue weighted by Gasteiger charge is 2.17. The first-order chi connectivity index (χ1) is 12.3. The molecule has 7 heteroatoms. The lowest BCUT2D eigenvalue weighted by Crippen LogP contribution is -2.29. The van der Waals surface area contributed by atoms with Crippen molar-refractivity contribution in [1.82, 2.24) is 0 Å². The molecule has 1 amide bonds. The summed E-state index contributed by atoms with van der Waals surface area (Å²) in [6.07, 6.45) is 1.16. The summed E-state index contributed by atoms with van der Waals surface area (Å²) in [5.74, 6) is -1.88. The highest BCUT2D eigenvalue weighted by Crippen LogP contribution is 2.21. The van der Waals surface area contributed by atoms with E-state index in [0.29, 0.717) is 10.7 Å². The van der Waals surface area contributed by atoms with Crippen molar-refractivity contribution in [1.29, 1.82) is 0 Å². The molecule has 2 aromatic carbocycles.